The number of carbonyl (C=O) groups is 2. The highest BCUT2D eigenvalue weighted by molar-refractivity contribution is 5.92. The standard InChI is InChI=1S/C19H27N5O2/c1-19(2,3)24-11-13(9-17(24)26)10-23(4)12-16(25)22-18-20-14-7-5-6-8-15(14)21-18/h5-8,13H,9-12H2,1-4H3,(H2,20,21,22,25)/t13-/m0/s1. The number of hydrogen-bond acceptors (Lipinski definition) is 4. The fourth-order valence-corrected chi connectivity index (χ4v) is 3.49. The quantitative estimate of drug-likeness (QED) is 0.858. The van der Waals surface area contributed by atoms with E-state index < -0.39 is 0 Å². The summed E-state index contributed by atoms with van der Waals surface area (Å²) in [5.74, 6) is 0.788. The molecule has 140 valence electrons. The summed E-state index contributed by atoms with van der Waals surface area (Å²) in [7, 11) is 1.91. The van der Waals surface area contributed by atoms with E-state index in [0.717, 1.165) is 17.6 Å². The molecule has 1 aliphatic heterocycles. The average molecular weight is 357 g/mol. The summed E-state index contributed by atoms with van der Waals surface area (Å²) in [5, 5.41) is 2.80. The Labute approximate surface area is 153 Å². The molecule has 3 rings (SSSR count). The number of aromatic nitrogens is 2. The third-order valence-electron chi connectivity index (χ3n) is 4.65. The molecule has 0 spiro atoms. The van der Waals surface area contributed by atoms with Crippen LogP contribution in [0.1, 0.15) is 27.2 Å². The number of carbonyl (C=O) groups excluding carboxylic acids is 2. The lowest BCUT2D eigenvalue weighted by atomic mass is 10.1. The fraction of sp³-hybridized carbons (Fsp3) is 0.526. The molecule has 1 aliphatic rings. The predicted molar refractivity (Wildman–Crippen MR) is 102 cm³/mol. The Morgan fingerprint density at radius 2 is 2.12 bits per heavy atom. The van der Waals surface area contributed by atoms with Crippen LogP contribution in [0.25, 0.3) is 11.0 Å². The zero-order valence-electron chi connectivity index (χ0n) is 15.9. The normalized spacial score (nSPS) is 18.1. The van der Waals surface area contributed by atoms with Gasteiger partial charge in [0.25, 0.3) is 0 Å². The first-order valence-electron chi connectivity index (χ1n) is 8.96. The van der Waals surface area contributed by atoms with Crippen LogP contribution in [0.5, 0.6) is 0 Å². The molecular weight excluding hydrogens is 330 g/mol. The number of imidazole rings is 1. The van der Waals surface area contributed by atoms with E-state index in [9.17, 15) is 9.59 Å². The molecule has 1 fully saturated rings. The van der Waals surface area contributed by atoms with Gasteiger partial charge in [-0.05, 0) is 45.9 Å². The molecule has 0 saturated carbocycles. The van der Waals surface area contributed by atoms with E-state index in [2.05, 4.69) is 36.1 Å². The number of fused-ring (bicyclic) bond motifs is 1. The first kappa shape index (κ1) is 18.4. The number of rotatable bonds is 5. The lowest BCUT2D eigenvalue weighted by molar-refractivity contribution is -0.131. The first-order chi connectivity index (χ1) is 12.2. The highest BCUT2D eigenvalue weighted by Crippen LogP contribution is 2.26. The van der Waals surface area contributed by atoms with Crippen LogP contribution in [0.4, 0.5) is 5.95 Å². The van der Waals surface area contributed by atoms with Gasteiger partial charge in [-0.15, -0.1) is 0 Å². The maximum Gasteiger partial charge on any atom is 0.240 e. The second-order valence-corrected chi connectivity index (χ2v) is 8.09. The highest BCUT2D eigenvalue weighted by atomic mass is 16.2. The van der Waals surface area contributed by atoms with Crippen molar-refractivity contribution in [2.24, 2.45) is 5.92 Å². The van der Waals surface area contributed by atoms with Crippen LogP contribution >= 0.6 is 0 Å². The van der Waals surface area contributed by atoms with Crippen LogP contribution in [-0.4, -0.2) is 63.8 Å². The minimum Gasteiger partial charge on any atom is -0.338 e. The molecule has 1 aromatic heterocycles. The number of likely N-dealkylation sites (tertiary alicyclic amines) is 1. The van der Waals surface area contributed by atoms with Crippen molar-refractivity contribution in [2.75, 3.05) is 32.0 Å². The maximum atomic E-state index is 12.3. The van der Waals surface area contributed by atoms with Crippen molar-refractivity contribution in [3.63, 3.8) is 0 Å². The van der Waals surface area contributed by atoms with Crippen molar-refractivity contribution in [3.8, 4) is 0 Å². The summed E-state index contributed by atoms with van der Waals surface area (Å²) >= 11 is 0. The van der Waals surface area contributed by atoms with E-state index in [1.165, 1.54) is 0 Å². The van der Waals surface area contributed by atoms with Crippen molar-refractivity contribution in [3.05, 3.63) is 24.3 Å². The van der Waals surface area contributed by atoms with Gasteiger partial charge in [0.2, 0.25) is 17.8 Å². The maximum absolute atomic E-state index is 12.3. The van der Waals surface area contributed by atoms with Gasteiger partial charge in [-0.2, -0.15) is 0 Å². The lowest BCUT2D eigenvalue weighted by Gasteiger charge is -2.32. The van der Waals surface area contributed by atoms with Gasteiger partial charge in [0.15, 0.2) is 0 Å². The van der Waals surface area contributed by atoms with Gasteiger partial charge in [0.1, 0.15) is 0 Å². The molecule has 0 unspecified atom stereocenters. The first-order valence-corrected chi connectivity index (χ1v) is 8.96. The molecule has 7 nitrogen and oxygen atoms in total. The van der Waals surface area contributed by atoms with Crippen molar-refractivity contribution in [2.45, 2.75) is 32.7 Å². The highest BCUT2D eigenvalue weighted by Gasteiger charge is 2.36. The molecule has 2 heterocycles. The van der Waals surface area contributed by atoms with Crippen molar-refractivity contribution < 1.29 is 9.59 Å². The summed E-state index contributed by atoms with van der Waals surface area (Å²) in [4.78, 5) is 35.8. The van der Waals surface area contributed by atoms with Crippen molar-refractivity contribution in [1.29, 1.82) is 0 Å². The summed E-state index contributed by atoms with van der Waals surface area (Å²) in [5.41, 5.74) is 1.56. The monoisotopic (exact) mass is 357 g/mol. The van der Waals surface area contributed by atoms with E-state index in [4.69, 9.17) is 0 Å². The van der Waals surface area contributed by atoms with Crippen LogP contribution in [0, 0.1) is 5.92 Å². The zero-order chi connectivity index (χ0) is 18.9. The van der Waals surface area contributed by atoms with Gasteiger partial charge >= 0.3 is 0 Å². The number of likely N-dealkylation sites (N-methyl/N-ethyl adjacent to an activating group) is 1. The van der Waals surface area contributed by atoms with E-state index in [0.29, 0.717) is 18.9 Å². The topological polar surface area (TPSA) is 81.3 Å². The molecule has 2 amide bonds. The lowest BCUT2D eigenvalue weighted by Crippen LogP contribution is -2.43. The summed E-state index contributed by atoms with van der Waals surface area (Å²) in [6, 6.07) is 7.64. The van der Waals surface area contributed by atoms with Crippen LogP contribution in [-0.2, 0) is 9.59 Å². The molecule has 0 radical (unpaired) electrons. The number of anilines is 1. The third-order valence-corrected chi connectivity index (χ3v) is 4.65. The minimum atomic E-state index is -0.150. The van der Waals surface area contributed by atoms with Crippen molar-refractivity contribution in [1.82, 2.24) is 19.8 Å². The van der Waals surface area contributed by atoms with Gasteiger partial charge in [0.05, 0.1) is 17.6 Å². The van der Waals surface area contributed by atoms with Crippen LogP contribution in [0.3, 0.4) is 0 Å². The summed E-state index contributed by atoms with van der Waals surface area (Å²) < 4.78 is 0. The number of hydrogen-bond donors (Lipinski definition) is 2. The van der Waals surface area contributed by atoms with Crippen LogP contribution in [0.2, 0.25) is 0 Å². The Morgan fingerprint density at radius 1 is 1.38 bits per heavy atom. The number of nitrogens with one attached hydrogen (secondary N) is 2. The Morgan fingerprint density at radius 3 is 2.77 bits per heavy atom. The van der Waals surface area contributed by atoms with Crippen LogP contribution < -0.4 is 5.32 Å². The molecular formula is C19H27N5O2. The van der Waals surface area contributed by atoms with E-state index in [-0.39, 0.29) is 29.8 Å². The molecule has 26 heavy (non-hydrogen) atoms. The summed E-state index contributed by atoms with van der Waals surface area (Å²) in [6.07, 6.45) is 0.548. The molecule has 2 N–H and O–H groups in total. The Kier molecular flexibility index (Phi) is 5.00. The fourth-order valence-electron chi connectivity index (χ4n) is 3.49. The van der Waals surface area contributed by atoms with E-state index >= 15 is 0 Å². The molecule has 0 aliphatic carbocycles. The van der Waals surface area contributed by atoms with Gasteiger partial charge in [-0.3, -0.25) is 19.8 Å². The Bertz CT molecular complexity index is 775. The van der Waals surface area contributed by atoms with Gasteiger partial charge in [-0.25, -0.2) is 4.98 Å². The molecule has 7 heteroatoms. The van der Waals surface area contributed by atoms with Gasteiger partial charge in [-0.1, -0.05) is 12.1 Å². The summed E-state index contributed by atoms with van der Waals surface area (Å²) in [6.45, 7) is 7.88. The van der Waals surface area contributed by atoms with Gasteiger partial charge < -0.3 is 9.88 Å². The Balaban J connectivity index is 1.51. The number of nitrogens with zero attached hydrogens (tertiary/aromatic N) is 3. The molecule has 0 bridgehead atoms. The Hall–Kier alpha value is -2.41. The SMILES string of the molecule is CN(CC(=O)Nc1nc2ccccc2[nH]1)C[C@@H]1CC(=O)N(C(C)(C)C)C1. The molecule has 1 saturated heterocycles. The number of amides is 2. The molecule has 1 atom stereocenters. The minimum absolute atomic E-state index is 0.122. The number of para-hydroxylation sites is 2. The van der Waals surface area contributed by atoms with E-state index in [1.54, 1.807) is 0 Å². The second-order valence-electron chi connectivity index (χ2n) is 8.09. The smallest absolute Gasteiger partial charge is 0.240 e. The van der Waals surface area contributed by atoms with Crippen LogP contribution in [0.15, 0.2) is 24.3 Å². The number of H-pyrrole nitrogens is 1. The second kappa shape index (κ2) is 7.07. The average Bonchev–Trinajstić information content (AvgIpc) is 3.08. The number of benzene rings is 1. The van der Waals surface area contributed by atoms with Gasteiger partial charge in [0, 0.05) is 25.0 Å². The van der Waals surface area contributed by atoms with E-state index in [1.807, 2.05) is 41.1 Å². The van der Waals surface area contributed by atoms with Crippen molar-refractivity contribution >= 4 is 28.8 Å². The largest absolute Gasteiger partial charge is 0.338 e. The molecule has 2 aromatic rings. The number of aromatic amines is 1. The molecule has 1 aromatic carbocycles. The zero-order valence-corrected chi connectivity index (χ0v) is 15.9. The predicted octanol–water partition coefficient (Wildman–Crippen LogP) is 2.08. The third kappa shape index (κ3) is 4.22.